The second kappa shape index (κ2) is 9.15. The molecular weight excluding hydrogens is 282 g/mol. The zero-order valence-electron chi connectivity index (χ0n) is 13.4. The lowest BCUT2D eigenvalue weighted by Gasteiger charge is -2.23. The average molecular weight is 307 g/mol. The molecule has 2 unspecified atom stereocenters. The summed E-state index contributed by atoms with van der Waals surface area (Å²) < 4.78 is 0. The van der Waals surface area contributed by atoms with Crippen LogP contribution in [0.4, 0.5) is 0 Å². The molecule has 0 aliphatic heterocycles. The van der Waals surface area contributed by atoms with Gasteiger partial charge in [-0.25, -0.2) is 0 Å². The molecule has 0 aromatic carbocycles. The number of hydrogen-bond donors (Lipinski definition) is 3. The first-order valence-corrected chi connectivity index (χ1v) is 7.59. The van der Waals surface area contributed by atoms with Crippen molar-refractivity contribution in [2.45, 2.75) is 52.2 Å². The summed E-state index contributed by atoms with van der Waals surface area (Å²) in [5.74, 6) is -0.820. The standard InChI is InChI=1S/C16H25N3O3/c1-4-13(16(21)22)19-14(9-11(2)3)15(20)18-10-12-5-7-17-8-6-12/h5-8,11,13-14,19H,4,9-10H2,1-3H3,(H,18,20)(H,21,22). The summed E-state index contributed by atoms with van der Waals surface area (Å²) in [5.41, 5.74) is 0.955. The number of carboxylic acid groups (broad SMARTS) is 1. The molecule has 1 heterocycles. The van der Waals surface area contributed by atoms with E-state index >= 15 is 0 Å². The fourth-order valence-electron chi connectivity index (χ4n) is 2.14. The normalized spacial score (nSPS) is 13.6. The number of carboxylic acids is 1. The van der Waals surface area contributed by atoms with Crippen LogP contribution >= 0.6 is 0 Å². The lowest BCUT2D eigenvalue weighted by atomic mass is 10.0. The van der Waals surface area contributed by atoms with Gasteiger partial charge in [0.25, 0.3) is 0 Å². The first-order valence-electron chi connectivity index (χ1n) is 7.59. The first-order chi connectivity index (χ1) is 10.4. The van der Waals surface area contributed by atoms with Gasteiger partial charge in [-0.1, -0.05) is 20.8 Å². The van der Waals surface area contributed by atoms with Gasteiger partial charge in [-0.2, -0.15) is 0 Å². The third-order valence-electron chi connectivity index (χ3n) is 3.35. The minimum absolute atomic E-state index is 0.176. The summed E-state index contributed by atoms with van der Waals surface area (Å²) in [6, 6.07) is 2.44. The molecule has 0 aliphatic carbocycles. The molecule has 1 rings (SSSR count). The van der Waals surface area contributed by atoms with Gasteiger partial charge in [0.1, 0.15) is 6.04 Å². The monoisotopic (exact) mass is 307 g/mol. The van der Waals surface area contributed by atoms with E-state index < -0.39 is 18.1 Å². The van der Waals surface area contributed by atoms with Crippen molar-refractivity contribution >= 4 is 11.9 Å². The molecule has 1 amide bonds. The lowest BCUT2D eigenvalue weighted by Crippen LogP contribution is -2.51. The molecule has 0 spiro atoms. The Balaban J connectivity index is 2.65. The van der Waals surface area contributed by atoms with E-state index in [1.807, 2.05) is 26.0 Å². The Morgan fingerprint density at radius 3 is 2.36 bits per heavy atom. The third-order valence-corrected chi connectivity index (χ3v) is 3.35. The Morgan fingerprint density at radius 2 is 1.86 bits per heavy atom. The zero-order valence-corrected chi connectivity index (χ0v) is 13.4. The van der Waals surface area contributed by atoms with E-state index in [0.29, 0.717) is 19.4 Å². The van der Waals surface area contributed by atoms with Gasteiger partial charge in [-0.05, 0) is 36.5 Å². The molecule has 6 nitrogen and oxygen atoms in total. The summed E-state index contributed by atoms with van der Waals surface area (Å²) in [4.78, 5) is 27.4. The molecule has 0 saturated heterocycles. The summed E-state index contributed by atoms with van der Waals surface area (Å²) in [6.07, 6.45) is 4.36. The maximum atomic E-state index is 12.3. The highest BCUT2D eigenvalue weighted by Crippen LogP contribution is 2.08. The van der Waals surface area contributed by atoms with Gasteiger partial charge in [0.2, 0.25) is 5.91 Å². The molecule has 2 atom stereocenters. The molecule has 0 bridgehead atoms. The topological polar surface area (TPSA) is 91.3 Å². The Morgan fingerprint density at radius 1 is 1.23 bits per heavy atom. The number of hydrogen-bond acceptors (Lipinski definition) is 4. The maximum absolute atomic E-state index is 12.3. The van der Waals surface area contributed by atoms with Crippen LogP contribution in [0.15, 0.2) is 24.5 Å². The van der Waals surface area contributed by atoms with E-state index in [-0.39, 0.29) is 11.8 Å². The van der Waals surface area contributed by atoms with E-state index in [4.69, 9.17) is 5.11 Å². The summed E-state index contributed by atoms with van der Waals surface area (Å²) in [7, 11) is 0. The Bertz CT molecular complexity index is 477. The lowest BCUT2D eigenvalue weighted by molar-refractivity contribution is -0.140. The van der Waals surface area contributed by atoms with E-state index in [0.717, 1.165) is 5.56 Å². The van der Waals surface area contributed by atoms with Gasteiger partial charge < -0.3 is 10.4 Å². The molecule has 22 heavy (non-hydrogen) atoms. The molecule has 122 valence electrons. The van der Waals surface area contributed by atoms with E-state index in [1.165, 1.54) is 0 Å². The van der Waals surface area contributed by atoms with Crippen LogP contribution < -0.4 is 10.6 Å². The number of amides is 1. The number of carbonyl (C=O) groups is 2. The largest absolute Gasteiger partial charge is 0.480 e. The zero-order chi connectivity index (χ0) is 16.5. The Labute approximate surface area is 131 Å². The van der Waals surface area contributed by atoms with Gasteiger partial charge in [-0.3, -0.25) is 19.9 Å². The smallest absolute Gasteiger partial charge is 0.320 e. The number of pyridine rings is 1. The van der Waals surface area contributed by atoms with E-state index in [9.17, 15) is 9.59 Å². The van der Waals surface area contributed by atoms with Gasteiger partial charge in [0, 0.05) is 18.9 Å². The van der Waals surface area contributed by atoms with Crippen LogP contribution in [-0.2, 0) is 16.1 Å². The van der Waals surface area contributed by atoms with Crippen LogP contribution in [0.25, 0.3) is 0 Å². The first kappa shape index (κ1) is 18.1. The molecule has 6 heteroatoms. The van der Waals surface area contributed by atoms with Gasteiger partial charge >= 0.3 is 5.97 Å². The van der Waals surface area contributed by atoms with Crippen molar-refractivity contribution in [3.8, 4) is 0 Å². The highest BCUT2D eigenvalue weighted by atomic mass is 16.4. The van der Waals surface area contributed by atoms with Crippen molar-refractivity contribution in [3.05, 3.63) is 30.1 Å². The fourth-order valence-corrected chi connectivity index (χ4v) is 2.14. The van der Waals surface area contributed by atoms with Crippen LogP contribution in [-0.4, -0.2) is 34.1 Å². The van der Waals surface area contributed by atoms with Crippen molar-refractivity contribution in [1.82, 2.24) is 15.6 Å². The van der Waals surface area contributed by atoms with Gasteiger partial charge in [0.05, 0.1) is 6.04 Å². The van der Waals surface area contributed by atoms with Crippen molar-refractivity contribution in [1.29, 1.82) is 0 Å². The van der Waals surface area contributed by atoms with Crippen molar-refractivity contribution in [3.63, 3.8) is 0 Å². The Kier molecular flexibility index (Phi) is 7.52. The number of aliphatic carboxylic acids is 1. The molecule has 0 aliphatic rings. The van der Waals surface area contributed by atoms with Crippen molar-refractivity contribution in [2.24, 2.45) is 5.92 Å². The van der Waals surface area contributed by atoms with Crippen LogP contribution in [0, 0.1) is 5.92 Å². The van der Waals surface area contributed by atoms with Gasteiger partial charge in [-0.15, -0.1) is 0 Å². The van der Waals surface area contributed by atoms with Crippen molar-refractivity contribution < 1.29 is 14.7 Å². The second-order valence-corrected chi connectivity index (χ2v) is 5.72. The Hall–Kier alpha value is -1.95. The number of rotatable bonds is 9. The van der Waals surface area contributed by atoms with Crippen LogP contribution in [0.5, 0.6) is 0 Å². The maximum Gasteiger partial charge on any atom is 0.320 e. The summed E-state index contributed by atoms with van der Waals surface area (Å²) >= 11 is 0. The molecule has 0 radical (unpaired) electrons. The molecule has 0 fully saturated rings. The van der Waals surface area contributed by atoms with E-state index in [1.54, 1.807) is 19.3 Å². The fraction of sp³-hybridized carbons (Fsp3) is 0.562. The molecule has 3 N–H and O–H groups in total. The number of nitrogens with one attached hydrogen (secondary N) is 2. The highest BCUT2D eigenvalue weighted by Gasteiger charge is 2.25. The van der Waals surface area contributed by atoms with E-state index in [2.05, 4.69) is 15.6 Å². The number of aromatic nitrogens is 1. The van der Waals surface area contributed by atoms with Crippen molar-refractivity contribution in [2.75, 3.05) is 0 Å². The molecular formula is C16H25N3O3. The third kappa shape index (κ3) is 6.22. The quantitative estimate of drug-likeness (QED) is 0.644. The number of nitrogens with zero attached hydrogens (tertiary/aromatic N) is 1. The molecule has 1 aromatic rings. The summed E-state index contributed by atoms with van der Waals surface area (Å²) in [5, 5.41) is 14.9. The minimum Gasteiger partial charge on any atom is -0.480 e. The van der Waals surface area contributed by atoms with Crippen LogP contribution in [0.2, 0.25) is 0 Å². The second-order valence-electron chi connectivity index (χ2n) is 5.72. The average Bonchev–Trinajstić information content (AvgIpc) is 2.49. The van der Waals surface area contributed by atoms with Gasteiger partial charge in [0.15, 0.2) is 0 Å². The SMILES string of the molecule is CCC(NC(CC(C)C)C(=O)NCc1ccncc1)C(=O)O. The summed E-state index contributed by atoms with van der Waals surface area (Å²) in [6.45, 7) is 6.20. The van der Waals surface area contributed by atoms with Crippen LogP contribution in [0.1, 0.15) is 39.2 Å². The minimum atomic E-state index is -0.932. The molecule has 0 saturated carbocycles. The highest BCUT2D eigenvalue weighted by molar-refractivity contribution is 5.83. The predicted molar refractivity (Wildman–Crippen MR) is 84.2 cm³/mol. The molecule has 1 aromatic heterocycles. The number of carbonyl (C=O) groups excluding carboxylic acids is 1. The van der Waals surface area contributed by atoms with Crippen LogP contribution in [0.3, 0.4) is 0 Å². The predicted octanol–water partition coefficient (Wildman–Crippen LogP) is 1.57.